The largest absolute Gasteiger partial charge is 0.480 e. The van der Waals surface area contributed by atoms with E-state index in [4.69, 9.17) is 15.8 Å². The first-order valence-electron chi connectivity index (χ1n) is 8.70. The second-order valence-corrected chi connectivity index (χ2v) is 7.63. The number of carboxylic acid groups (broad SMARTS) is 1. The second kappa shape index (κ2) is 6.93. The maximum absolute atomic E-state index is 10.9. The molecular formula is C17H20BrN7O2. The van der Waals surface area contributed by atoms with E-state index in [0.29, 0.717) is 11.5 Å². The van der Waals surface area contributed by atoms with Crippen LogP contribution in [0.25, 0.3) is 16.8 Å². The molecule has 3 aromatic heterocycles. The van der Waals surface area contributed by atoms with Crippen LogP contribution < -0.4 is 5.73 Å². The normalized spacial score (nSPS) is 16.2. The van der Waals surface area contributed by atoms with Crippen LogP contribution >= 0.6 is 15.9 Å². The number of nitrogen functional groups attached to an aromatic ring is 1. The van der Waals surface area contributed by atoms with Crippen molar-refractivity contribution < 1.29 is 9.90 Å². The molecule has 0 unspecified atom stereocenters. The number of aromatic nitrogens is 5. The standard InChI is InChI=1S/C17H20BrN7O2/c1-23-8-11(6-20-23)12-7-21-25-16(19)14(18)15(22-17(12)25)10-2-4-24(5-3-10)9-13(26)27/h6-8,10H,2-5,9,19H2,1H3,(H,26,27). The van der Waals surface area contributed by atoms with Crippen LogP contribution in [-0.2, 0) is 11.8 Å². The summed E-state index contributed by atoms with van der Waals surface area (Å²) >= 11 is 3.59. The van der Waals surface area contributed by atoms with Crippen molar-refractivity contribution in [3.63, 3.8) is 0 Å². The molecule has 0 bridgehead atoms. The highest BCUT2D eigenvalue weighted by atomic mass is 79.9. The molecule has 1 saturated heterocycles. The van der Waals surface area contributed by atoms with Crippen molar-refractivity contribution in [1.82, 2.24) is 29.3 Å². The summed E-state index contributed by atoms with van der Waals surface area (Å²) in [5.74, 6) is -0.0646. The third kappa shape index (κ3) is 3.30. The molecule has 10 heteroatoms. The molecule has 1 aliphatic rings. The van der Waals surface area contributed by atoms with Gasteiger partial charge in [-0.25, -0.2) is 4.98 Å². The van der Waals surface area contributed by atoms with Crippen LogP contribution in [0.15, 0.2) is 23.1 Å². The summed E-state index contributed by atoms with van der Waals surface area (Å²) in [7, 11) is 1.86. The second-order valence-electron chi connectivity index (χ2n) is 6.84. The Morgan fingerprint density at radius 1 is 1.33 bits per heavy atom. The lowest BCUT2D eigenvalue weighted by Crippen LogP contribution is -2.37. The van der Waals surface area contributed by atoms with Crippen LogP contribution in [0.2, 0.25) is 0 Å². The van der Waals surface area contributed by atoms with E-state index in [1.165, 1.54) is 0 Å². The number of nitrogens with zero attached hydrogens (tertiary/aromatic N) is 6. The minimum Gasteiger partial charge on any atom is -0.480 e. The summed E-state index contributed by atoms with van der Waals surface area (Å²) in [5, 5.41) is 17.6. The van der Waals surface area contributed by atoms with Gasteiger partial charge in [0.25, 0.3) is 0 Å². The first kappa shape index (κ1) is 17.9. The Labute approximate surface area is 163 Å². The highest BCUT2D eigenvalue weighted by Crippen LogP contribution is 2.36. The lowest BCUT2D eigenvalue weighted by atomic mass is 9.93. The molecule has 1 aliphatic heterocycles. The van der Waals surface area contributed by atoms with E-state index in [0.717, 1.165) is 47.2 Å². The van der Waals surface area contributed by atoms with E-state index in [-0.39, 0.29) is 12.5 Å². The van der Waals surface area contributed by atoms with E-state index < -0.39 is 5.97 Å². The first-order valence-corrected chi connectivity index (χ1v) is 9.49. The predicted octanol–water partition coefficient (Wildman–Crippen LogP) is 1.74. The van der Waals surface area contributed by atoms with Crippen molar-refractivity contribution in [2.75, 3.05) is 25.4 Å². The smallest absolute Gasteiger partial charge is 0.317 e. The summed E-state index contributed by atoms with van der Waals surface area (Å²) in [6.45, 7) is 1.53. The lowest BCUT2D eigenvalue weighted by Gasteiger charge is -2.31. The van der Waals surface area contributed by atoms with Crippen LogP contribution in [0.5, 0.6) is 0 Å². The van der Waals surface area contributed by atoms with Crippen molar-refractivity contribution >= 4 is 33.4 Å². The Morgan fingerprint density at radius 3 is 2.70 bits per heavy atom. The zero-order chi connectivity index (χ0) is 19.1. The van der Waals surface area contributed by atoms with Crippen LogP contribution in [0.1, 0.15) is 24.5 Å². The number of hydrogen-bond donors (Lipinski definition) is 2. The Hall–Kier alpha value is -2.46. The summed E-state index contributed by atoms with van der Waals surface area (Å²) in [6.07, 6.45) is 7.12. The topological polar surface area (TPSA) is 115 Å². The minimum atomic E-state index is -0.793. The van der Waals surface area contributed by atoms with Gasteiger partial charge in [0, 0.05) is 30.3 Å². The predicted molar refractivity (Wildman–Crippen MR) is 103 cm³/mol. The van der Waals surface area contributed by atoms with E-state index >= 15 is 0 Å². The number of halogens is 1. The van der Waals surface area contributed by atoms with E-state index in [9.17, 15) is 4.79 Å². The van der Waals surface area contributed by atoms with Gasteiger partial charge in [0.2, 0.25) is 0 Å². The molecule has 9 nitrogen and oxygen atoms in total. The van der Waals surface area contributed by atoms with E-state index in [1.807, 2.05) is 18.1 Å². The van der Waals surface area contributed by atoms with Gasteiger partial charge in [-0.3, -0.25) is 14.4 Å². The third-order valence-electron chi connectivity index (χ3n) is 5.00. The number of aryl methyl sites for hydroxylation is 1. The summed E-state index contributed by atoms with van der Waals surface area (Å²) in [5.41, 5.74) is 9.74. The number of fused-ring (bicyclic) bond motifs is 1. The van der Waals surface area contributed by atoms with Gasteiger partial charge in [-0.2, -0.15) is 14.7 Å². The molecule has 4 heterocycles. The molecule has 3 N–H and O–H groups in total. The molecule has 0 aliphatic carbocycles. The van der Waals surface area contributed by atoms with Crippen LogP contribution in [0.3, 0.4) is 0 Å². The number of piperidine rings is 1. The monoisotopic (exact) mass is 433 g/mol. The number of rotatable bonds is 4. The highest BCUT2D eigenvalue weighted by molar-refractivity contribution is 9.10. The van der Waals surface area contributed by atoms with Crippen LogP contribution in [0.4, 0.5) is 5.82 Å². The Bertz CT molecular complexity index is 1000. The van der Waals surface area contributed by atoms with Gasteiger partial charge in [0.15, 0.2) is 5.65 Å². The average molecular weight is 434 g/mol. The number of carboxylic acids is 1. The van der Waals surface area contributed by atoms with Gasteiger partial charge in [0.05, 0.1) is 29.1 Å². The Kier molecular flexibility index (Phi) is 4.60. The summed E-state index contributed by atoms with van der Waals surface area (Å²) < 4.78 is 4.13. The molecule has 1 fully saturated rings. The number of anilines is 1. The molecular weight excluding hydrogens is 414 g/mol. The minimum absolute atomic E-state index is 0.0796. The first-order chi connectivity index (χ1) is 12.9. The maximum atomic E-state index is 10.9. The number of hydrogen-bond acceptors (Lipinski definition) is 6. The summed E-state index contributed by atoms with van der Waals surface area (Å²) in [4.78, 5) is 17.8. The molecule has 0 radical (unpaired) electrons. The van der Waals surface area contributed by atoms with Crippen LogP contribution in [0, 0.1) is 0 Å². The molecule has 27 heavy (non-hydrogen) atoms. The van der Waals surface area contributed by atoms with Crippen molar-refractivity contribution in [3.8, 4) is 11.1 Å². The average Bonchev–Trinajstić information content (AvgIpc) is 3.24. The number of aliphatic carboxylic acids is 1. The fourth-order valence-electron chi connectivity index (χ4n) is 3.60. The maximum Gasteiger partial charge on any atom is 0.317 e. The molecule has 0 atom stereocenters. The molecule has 0 amide bonds. The van der Waals surface area contributed by atoms with Crippen molar-refractivity contribution in [1.29, 1.82) is 0 Å². The molecule has 0 spiro atoms. The number of likely N-dealkylation sites (tertiary alicyclic amines) is 1. The lowest BCUT2D eigenvalue weighted by molar-refractivity contribution is -0.138. The SMILES string of the molecule is Cn1cc(-c2cnn3c(N)c(Br)c(C4CCN(CC(=O)O)CC4)nc23)cn1. The van der Waals surface area contributed by atoms with Crippen LogP contribution in [-0.4, -0.2) is 60.0 Å². The van der Waals surface area contributed by atoms with E-state index in [1.54, 1.807) is 21.6 Å². The van der Waals surface area contributed by atoms with Gasteiger partial charge in [-0.1, -0.05) is 0 Å². The fourth-order valence-corrected chi connectivity index (χ4v) is 4.18. The van der Waals surface area contributed by atoms with Gasteiger partial charge in [0.1, 0.15) is 5.82 Å². The molecule has 0 aromatic carbocycles. The highest BCUT2D eigenvalue weighted by Gasteiger charge is 2.27. The summed E-state index contributed by atoms with van der Waals surface area (Å²) in [6, 6.07) is 0. The zero-order valence-electron chi connectivity index (χ0n) is 14.8. The van der Waals surface area contributed by atoms with Gasteiger partial charge in [-0.05, 0) is 41.9 Å². The Morgan fingerprint density at radius 2 is 2.07 bits per heavy atom. The number of carbonyl (C=O) groups is 1. The fraction of sp³-hybridized carbons (Fsp3) is 0.412. The van der Waals surface area contributed by atoms with Crippen molar-refractivity contribution in [2.45, 2.75) is 18.8 Å². The van der Waals surface area contributed by atoms with Gasteiger partial charge >= 0.3 is 5.97 Å². The quantitative estimate of drug-likeness (QED) is 0.643. The molecule has 0 saturated carbocycles. The van der Waals surface area contributed by atoms with Crippen molar-refractivity contribution in [2.24, 2.45) is 7.05 Å². The van der Waals surface area contributed by atoms with Gasteiger partial charge < -0.3 is 10.8 Å². The number of nitrogens with two attached hydrogens (primary N) is 1. The molecule has 142 valence electrons. The molecule has 4 rings (SSSR count). The third-order valence-corrected chi connectivity index (χ3v) is 5.81. The van der Waals surface area contributed by atoms with Crippen molar-refractivity contribution in [3.05, 3.63) is 28.8 Å². The zero-order valence-corrected chi connectivity index (χ0v) is 16.4. The Balaban J connectivity index is 1.69. The van der Waals surface area contributed by atoms with Gasteiger partial charge in [-0.15, -0.1) is 0 Å². The molecule has 3 aromatic rings. The van der Waals surface area contributed by atoms with E-state index in [2.05, 4.69) is 26.1 Å².